The van der Waals surface area contributed by atoms with Crippen molar-refractivity contribution in [3.63, 3.8) is 0 Å². The van der Waals surface area contributed by atoms with Crippen LogP contribution in [0.25, 0.3) is 11.1 Å². The van der Waals surface area contributed by atoms with E-state index in [1.165, 1.54) is 36.0 Å². The minimum atomic E-state index is -4.44. The maximum absolute atomic E-state index is 15.8. The Bertz CT molecular complexity index is 2280. The highest BCUT2D eigenvalue weighted by atomic mass is 32.2. The van der Waals surface area contributed by atoms with Crippen LogP contribution >= 0.6 is 11.8 Å². The van der Waals surface area contributed by atoms with E-state index in [1.807, 2.05) is 56.5 Å². The van der Waals surface area contributed by atoms with Crippen LogP contribution in [0.1, 0.15) is 48.2 Å². The van der Waals surface area contributed by atoms with Crippen molar-refractivity contribution in [1.29, 1.82) is 0 Å². The van der Waals surface area contributed by atoms with Gasteiger partial charge in [0.1, 0.15) is 107 Å². The fraction of sp³-hybridized carbons (Fsp3) is 0.361. The minimum absolute atomic E-state index is 0.0572. The molecule has 0 fully saturated rings. The second-order valence-corrected chi connectivity index (χ2v) is 19.7. The number of carbonyl (C=O) groups excluding carboxylic acids is 1. The molecule has 0 radical (unpaired) electrons. The van der Waals surface area contributed by atoms with E-state index in [1.54, 1.807) is 12.1 Å². The Morgan fingerprint density at radius 3 is 1.81 bits per heavy atom. The van der Waals surface area contributed by atoms with Crippen LogP contribution in [0.2, 0.25) is 0 Å². The Labute approximate surface area is 362 Å². The third kappa shape index (κ3) is 8.67. The van der Waals surface area contributed by atoms with E-state index in [2.05, 4.69) is 70.8 Å². The molecule has 296 valence electrons. The predicted molar refractivity (Wildman–Crippen MR) is 269 cm³/mol. The number of hydrogen-bond acceptors (Lipinski definition) is 5. The summed E-state index contributed by atoms with van der Waals surface area (Å²) in [5, 5.41) is -1.79. The van der Waals surface area contributed by atoms with E-state index in [9.17, 15) is 22.4 Å². The molecule has 0 bridgehead atoms. The highest BCUT2D eigenvalue weighted by Crippen LogP contribution is 2.38. The zero-order valence-corrected chi connectivity index (χ0v) is 38.2. The van der Waals surface area contributed by atoms with Crippen LogP contribution in [0, 0.1) is 5.82 Å². The van der Waals surface area contributed by atoms with Crippen LogP contribution in [0.3, 0.4) is 0 Å². The summed E-state index contributed by atoms with van der Waals surface area (Å²) in [6.07, 6.45) is -2.41. The molecule has 23 heteroatoms. The average molecular weight is 809 g/mol. The number of aromatic nitrogens is 2. The van der Waals surface area contributed by atoms with E-state index in [-0.39, 0.29) is 23.8 Å². The summed E-state index contributed by atoms with van der Waals surface area (Å²) in [6, 6.07) is 11.7. The first-order valence-corrected chi connectivity index (χ1v) is 21.5. The first-order valence-electron chi connectivity index (χ1n) is 20.7. The van der Waals surface area contributed by atoms with Crippen molar-refractivity contribution in [2.75, 3.05) is 13.1 Å². The summed E-state index contributed by atoms with van der Waals surface area (Å²) < 4.78 is 55.9. The van der Waals surface area contributed by atoms with Crippen molar-refractivity contribution < 1.29 is 22.4 Å². The lowest BCUT2D eigenvalue weighted by Gasteiger charge is -2.61. The Morgan fingerprint density at radius 1 is 0.780 bits per heavy atom. The molecular formula is C36H50B12F4N4O2S. The molecule has 0 aliphatic heterocycles. The van der Waals surface area contributed by atoms with Gasteiger partial charge in [-0.05, 0) is 88.5 Å². The Kier molecular flexibility index (Phi) is 13.5. The summed E-state index contributed by atoms with van der Waals surface area (Å²) >= 11 is 1.39. The molecule has 3 aromatic carbocycles. The Hall–Kier alpha value is -3.18. The van der Waals surface area contributed by atoms with Gasteiger partial charge >= 0.3 is 6.18 Å². The Morgan fingerprint density at radius 2 is 1.31 bits per heavy atom. The van der Waals surface area contributed by atoms with Crippen LogP contribution in [0.4, 0.5) is 17.6 Å². The SMILES string of the molecule is Bc1c(B)c(C(B)(B)N(C(=O)Cn2c(SC(B)(B)c3ccc(F)cc3)nc(=O)c3c2CCC3)C(B)(B)C(B)(B)N(CC)CC)c(B)c(B)c1-c1ccc(C(F)(F)F)cc1. The van der Waals surface area contributed by atoms with Gasteiger partial charge in [0.05, 0.1) is 5.56 Å². The average Bonchev–Trinajstić information content (AvgIpc) is 3.63. The number of hydrogen-bond donors (Lipinski definition) is 0. The molecular weight excluding hydrogens is 758 g/mol. The van der Waals surface area contributed by atoms with Gasteiger partial charge in [0.2, 0.25) is 5.91 Å². The van der Waals surface area contributed by atoms with Crippen LogP contribution in [0.5, 0.6) is 0 Å². The molecule has 4 aromatic rings. The smallest absolute Gasteiger partial charge is 0.357 e. The second kappa shape index (κ2) is 16.9. The topological polar surface area (TPSA) is 58.4 Å². The maximum Gasteiger partial charge on any atom is 0.416 e. The molecule has 1 aromatic heterocycles. The predicted octanol–water partition coefficient (Wildman–Crippen LogP) is -8.15. The standard InChI is InChI=1S/C36H50B12F4N4O2S/c1-3-54(4-2)35(45,46)36(47,48)56(32(41,42)25-28(39)26(37)24(27(38)29(25)40)17-8-10-19(11-9-17)34(50,51)52)23(57)16-55-22-7-5-6-21(22)30(58)53-31(55)59-33(43,44)18-12-14-20(49)15-13-18/h8-15H,3-7,16,37-48H2,1-2H3. The van der Waals surface area contributed by atoms with E-state index >= 15 is 4.79 Å². The second-order valence-electron chi connectivity index (χ2n) is 18.1. The first kappa shape index (κ1) is 46.9. The van der Waals surface area contributed by atoms with Gasteiger partial charge in [0.25, 0.3) is 5.56 Å². The third-order valence-corrected chi connectivity index (χ3v) is 14.8. The number of alkyl halides is 3. The van der Waals surface area contributed by atoms with Crippen molar-refractivity contribution in [1.82, 2.24) is 19.4 Å². The zero-order valence-electron chi connectivity index (χ0n) is 37.4. The lowest BCUT2D eigenvalue weighted by atomic mass is 9.34. The molecule has 5 rings (SSSR count). The molecule has 0 N–H and O–H groups in total. The monoisotopic (exact) mass is 810 g/mol. The number of likely N-dealkylation sites (N-methyl/N-ethyl adjacent to an activating group) is 1. The lowest BCUT2D eigenvalue weighted by Crippen LogP contribution is -2.78. The summed E-state index contributed by atoms with van der Waals surface area (Å²) in [5.74, 6) is -0.474. The number of benzene rings is 3. The third-order valence-electron chi connectivity index (χ3n) is 13.5. The van der Waals surface area contributed by atoms with Crippen LogP contribution in [-0.4, -0.2) is 143 Å². The Balaban J connectivity index is 1.72. The molecule has 1 aliphatic rings. The largest absolute Gasteiger partial charge is 0.416 e. The highest BCUT2D eigenvalue weighted by Gasteiger charge is 2.51. The van der Waals surface area contributed by atoms with Gasteiger partial charge < -0.3 is 14.4 Å². The molecule has 0 spiro atoms. The van der Waals surface area contributed by atoms with Gasteiger partial charge in [-0.2, -0.15) is 18.2 Å². The zero-order chi connectivity index (χ0) is 44.2. The number of fused-ring (bicyclic) bond motifs is 1. The van der Waals surface area contributed by atoms with Crippen LogP contribution in [0.15, 0.2) is 58.5 Å². The molecule has 0 atom stereocenters. The number of rotatable bonds is 13. The first-order chi connectivity index (χ1) is 27.2. The van der Waals surface area contributed by atoms with Crippen LogP contribution in [-0.2, 0) is 40.2 Å². The molecule has 59 heavy (non-hydrogen) atoms. The summed E-state index contributed by atoms with van der Waals surface area (Å²) in [7, 11) is 24.9. The van der Waals surface area contributed by atoms with Gasteiger partial charge in [-0.15, -0.1) is 0 Å². The fourth-order valence-corrected chi connectivity index (χ4v) is 10.9. The van der Waals surface area contributed by atoms with Crippen molar-refractivity contribution in [2.45, 2.75) is 71.5 Å². The van der Waals surface area contributed by atoms with Crippen molar-refractivity contribution >= 4 is 134 Å². The number of thioether (sulfide) groups is 1. The normalized spacial score (nSPS) is 13.7. The quantitative estimate of drug-likeness (QED) is 0.0583. The van der Waals surface area contributed by atoms with E-state index < -0.39 is 32.3 Å². The number of amides is 1. The molecule has 1 heterocycles. The van der Waals surface area contributed by atoms with E-state index in [0.717, 1.165) is 75.9 Å². The number of carbonyl (C=O) groups is 1. The molecule has 0 saturated heterocycles. The maximum atomic E-state index is 15.8. The van der Waals surface area contributed by atoms with Gasteiger partial charge in [-0.1, -0.05) is 77.3 Å². The fourth-order valence-electron chi connectivity index (χ4n) is 9.77. The van der Waals surface area contributed by atoms with Gasteiger partial charge in [-0.3, -0.25) is 9.59 Å². The lowest BCUT2D eigenvalue weighted by molar-refractivity contribution is -0.138. The summed E-state index contributed by atoms with van der Waals surface area (Å²) in [6.45, 7) is 5.73. The van der Waals surface area contributed by atoms with Gasteiger partial charge in [-0.25, -0.2) is 4.39 Å². The summed E-state index contributed by atoms with van der Waals surface area (Å²) in [5.41, 5.74) is 7.73. The highest BCUT2D eigenvalue weighted by molar-refractivity contribution is 8.02. The van der Waals surface area contributed by atoms with Crippen molar-refractivity contribution in [3.8, 4) is 11.1 Å². The van der Waals surface area contributed by atoms with Crippen LogP contribution < -0.4 is 27.4 Å². The number of nitrogens with zero attached hydrogens (tertiary/aromatic N) is 4. The van der Waals surface area contributed by atoms with E-state index in [4.69, 9.17) is 0 Å². The minimum Gasteiger partial charge on any atom is -0.357 e. The van der Waals surface area contributed by atoms with Crippen molar-refractivity contribution in [2.24, 2.45) is 0 Å². The van der Waals surface area contributed by atoms with E-state index in [0.29, 0.717) is 29.1 Å². The molecule has 1 amide bonds. The summed E-state index contributed by atoms with van der Waals surface area (Å²) in [4.78, 5) is 38.4. The molecule has 0 unspecified atom stereocenters. The van der Waals surface area contributed by atoms with Gasteiger partial charge in [0, 0.05) is 16.6 Å². The molecule has 1 aliphatic carbocycles. The van der Waals surface area contributed by atoms with Gasteiger partial charge in [0.15, 0.2) is 5.16 Å². The molecule has 0 saturated carbocycles. The van der Waals surface area contributed by atoms with Crippen molar-refractivity contribution in [3.05, 3.63) is 92.6 Å². The number of halogens is 4. The molecule has 6 nitrogen and oxygen atoms in total.